The number of alkyl halides is 3. The molecule has 1 saturated carbocycles. The van der Waals surface area contributed by atoms with Crippen molar-refractivity contribution in [3.63, 3.8) is 0 Å². The third-order valence-electron chi connectivity index (χ3n) is 11.7. The number of rotatable bonds is 9. The Morgan fingerprint density at radius 3 is 2.43 bits per heavy atom. The van der Waals surface area contributed by atoms with Crippen molar-refractivity contribution in [2.24, 2.45) is 13.0 Å². The highest BCUT2D eigenvalue weighted by atomic mass is 19.4. The van der Waals surface area contributed by atoms with E-state index in [-0.39, 0.29) is 42.4 Å². The summed E-state index contributed by atoms with van der Waals surface area (Å²) in [5, 5.41) is 9.26. The fourth-order valence-corrected chi connectivity index (χ4v) is 8.74. The van der Waals surface area contributed by atoms with E-state index in [0.29, 0.717) is 39.5 Å². The molecule has 0 spiro atoms. The number of hydrogen-bond acceptors (Lipinski definition) is 9. The van der Waals surface area contributed by atoms with Gasteiger partial charge in [0.25, 0.3) is 5.91 Å². The number of para-hydroxylation sites is 1. The smallest absolute Gasteiger partial charge is 0.382 e. The van der Waals surface area contributed by atoms with E-state index in [2.05, 4.69) is 35.7 Å². The summed E-state index contributed by atoms with van der Waals surface area (Å²) >= 11 is 0. The van der Waals surface area contributed by atoms with E-state index in [1.807, 2.05) is 32.0 Å². The standard InChI is InChI=1S/C41H47F3N10O4/c1-24(2)47-30-20-34(53-14-13-26-19-27(41(42,43)44)21-46-37(26)53)45-22-29(30)38(56)48-28-9-7-25(8-10-28)23-51-15-17-52(18-16-51)31-5-4-6-32-36(31)50(3)40(58)54(32)33-11-12-35(55)49-39(33)57/h4-6,13-14,19-22,24-25,28,33H,7-12,15-18,23H2,1-3H3,(H,45,47)(H,48,56)(H,49,55,57). The fraction of sp³-hybridized carbons (Fsp3) is 0.463. The van der Waals surface area contributed by atoms with Crippen LogP contribution in [0, 0.1) is 5.92 Å². The first-order valence-electron chi connectivity index (χ1n) is 19.9. The molecule has 5 aromatic rings. The van der Waals surface area contributed by atoms with Crippen LogP contribution in [0.25, 0.3) is 27.9 Å². The molecule has 1 unspecified atom stereocenters. The summed E-state index contributed by atoms with van der Waals surface area (Å²) in [5.74, 6) is -0.0668. The predicted octanol–water partition coefficient (Wildman–Crippen LogP) is 5.00. The van der Waals surface area contributed by atoms with Crippen LogP contribution in [-0.4, -0.2) is 91.1 Å². The third kappa shape index (κ3) is 7.66. The Balaban J connectivity index is 0.867. The molecule has 6 heterocycles. The Morgan fingerprint density at radius 1 is 0.966 bits per heavy atom. The van der Waals surface area contributed by atoms with Crippen LogP contribution in [0.2, 0.25) is 0 Å². The van der Waals surface area contributed by atoms with Gasteiger partial charge in [0.05, 0.1) is 33.5 Å². The van der Waals surface area contributed by atoms with Crippen molar-refractivity contribution in [1.82, 2.24) is 39.2 Å². The number of piperazine rings is 1. The van der Waals surface area contributed by atoms with E-state index >= 15 is 0 Å². The summed E-state index contributed by atoms with van der Waals surface area (Å²) in [6.45, 7) is 8.20. The van der Waals surface area contributed by atoms with E-state index in [1.165, 1.54) is 10.8 Å². The van der Waals surface area contributed by atoms with Gasteiger partial charge >= 0.3 is 11.9 Å². The summed E-state index contributed by atoms with van der Waals surface area (Å²) in [6.07, 6.45) is 3.60. The van der Waals surface area contributed by atoms with Gasteiger partial charge in [0, 0.05) is 88.3 Å². The van der Waals surface area contributed by atoms with Crippen LogP contribution in [-0.2, 0) is 22.8 Å². The second kappa shape index (κ2) is 15.6. The van der Waals surface area contributed by atoms with Crippen LogP contribution in [0.4, 0.5) is 24.5 Å². The number of pyridine rings is 2. The normalized spacial score (nSPS) is 20.9. The molecule has 58 heavy (non-hydrogen) atoms. The molecule has 0 radical (unpaired) electrons. The molecule has 0 bridgehead atoms. The number of benzene rings is 1. The maximum absolute atomic E-state index is 13.7. The van der Waals surface area contributed by atoms with E-state index in [9.17, 15) is 32.3 Å². The van der Waals surface area contributed by atoms with Gasteiger partial charge < -0.3 is 15.5 Å². The first kappa shape index (κ1) is 39.1. The number of carbonyl (C=O) groups is 3. The van der Waals surface area contributed by atoms with Gasteiger partial charge in [-0.3, -0.25) is 38.3 Å². The Hall–Kier alpha value is -5.71. The lowest BCUT2D eigenvalue weighted by atomic mass is 9.85. The molecule has 1 atom stereocenters. The van der Waals surface area contributed by atoms with Crippen LogP contribution in [0.15, 0.2) is 59.8 Å². The number of nitrogens with one attached hydrogen (secondary N) is 3. The van der Waals surface area contributed by atoms with E-state index in [0.717, 1.165) is 81.9 Å². The van der Waals surface area contributed by atoms with Crippen LogP contribution in [0.1, 0.15) is 74.3 Å². The van der Waals surface area contributed by atoms with Gasteiger partial charge in [0.1, 0.15) is 17.5 Å². The molecular formula is C41H47F3N10O4. The maximum Gasteiger partial charge on any atom is 0.417 e. The quantitative estimate of drug-likeness (QED) is 0.175. The zero-order valence-corrected chi connectivity index (χ0v) is 32.7. The molecule has 306 valence electrons. The Kier molecular flexibility index (Phi) is 10.5. The van der Waals surface area contributed by atoms with Gasteiger partial charge in [-0.2, -0.15) is 13.2 Å². The number of piperidine rings is 1. The topological polar surface area (TPSA) is 151 Å². The Labute approximate surface area is 332 Å². The van der Waals surface area contributed by atoms with Crippen molar-refractivity contribution in [3.05, 3.63) is 76.6 Å². The number of fused-ring (bicyclic) bond motifs is 2. The molecule has 2 saturated heterocycles. The number of hydrogen-bond donors (Lipinski definition) is 3. The van der Waals surface area contributed by atoms with Crippen molar-refractivity contribution >= 4 is 51.2 Å². The Bertz CT molecular complexity index is 2440. The summed E-state index contributed by atoms with van der Waals surface area (Å²) < 4.78 is 44.5. The molecule has 3 N–H and O–H groups in total. The molecule has 1 aliphatic carbocycles. The van der Waals surface area contributed by atoms with Crippen molar-refractivity contribution in [3.8, 4) is 5.82 Å². The first-order chi connectivity index (χ1) is 27.7. The second-order valence-corrected chi connectivity index (χ2v) is 16.0. The summed E-state index contributed by atoms with van der Waals surface area (Å²) in [5.41, 5.74) is 2.61. The van der Waals surface area contributed by atoms with Gasteiger partial charge in [-0.25, -0.2) is 14.8 Å². The molecule has 1 aromatic carbocycles. The number of anilines is 2. The van der Waals surface area contributed by atoms with Crippen molar-refractivity contribution in [1.29, 1.82) is 0 Å². The minimum atomic E-state index is -4.50. The molecule has 2 aliphatic heterocycles. The molecule has 3 fully saturated rings. The number of carbonyl (C=O) groups excluding carboxylic acids is 3. The van der Waals surface area contributed by atoms with E-state index in [4.69, 9.17) is 0 Å². The number of aromatic nitrogens is 5. The number of amides is 3. The highest BCUT2D eigenvalue weighted by molar-refractivity contribution is 6.01. The van der Waals surface area contributed by atoms with Gasteiger partial charge in [-0.05, 0) is 76.1 Å². The number of nitrogens with zero attached hydrogens (tertiary/aromatic N) is 7. The van der Waals surface area contributed by atoms with Crippen LogP contribution in [0.3, 0.4) is 0 Å². The summed E-state index contributed by atoms with van der Waals surface area (Å²) in [6, 6.07) is 9.44. The van der Waals surface area contributed by atoms with Crippen molar-refractivity contribution in [2.45, 2.75) is 76.7 Å². The second-order valence-electron chi connectivity index (χ2n) is 16.0. The lowest BCUT2D eigenvalue weighted by Gasteiger charge is -2.39. The van der Waals surface area contributed by atoms with Crippen molar-refractivity contribution < 1.29 is 27.6 Å². The zero-order valence-electron chi connectivity index (χ0n) is 32.7. The molecule has 3 amide bonds. The minimum absolute atomic E-state index is 0.00220. The zero-order chi connectivity index (χ0) is 40.9. The van der Waals surface area contributed by atoms with E-state index in [1.54, 1.807) is 34.5 Å². The van der Waals surface area contributed by atoms with Crippen LogP contribution in [0.5, 0.6) is 0 Å². The van der Waals surface area contributed by atoms with Gasteiger partial charge in [-0.1, -0.05) is 6.07 Å². The number of aryl methyl sites for hydroxylation is 1. The number of imidazole rings is 1. The highest BCUT2D eigenvalue weighted by Gasteiger charge is 2.34. The molecule has 17 heteroatoms. The summed E-state index contributed by atoms with van der Waals surface area (Å²) in [4.78, 5) is 64.9. The molecule has 14 nitrogen and oxygen atoms in total. The third-order valence-corrected chi connectivity index (χ3v) is 11.7. The monoisotopic (exact) mass is 800 g/mol. The predicted molar refractivity (Wildman–Crippen MR) is 213 cm³/mol. The van der Waals surface area contributed by atoms with Crippen LogP contribution >= 0.6 is 0 Å². The molecule has 8 rings (SSSR count). The lowest BCUT2D eigenvalue weighted by molar-refractivity contribution is -0.138. The fourth-order valence-electron chi connectivity index (χ4n) is 8.74. The molecule has 4 aromatic heterocycles. The van der Waals surface area contributed by atoms with Crippen molar-refractivity contribution in [2.75, 3.05) is 42.9 Å². The average Bonchev–Trinajstić information content (AvgIpc) is 3.73. The SMILES string of the molecule is CC(C)Nc1cc(-n2ccc3cc(C(F)(F)F)cnc32)ncc1C(=O)NC1CCC(CN2CCN(c3cccc4c3n(C)c(=O)n4C3CCC(=O)NC3=O)CC2)CC1. The number of halogens is 3. The average molecular weight is 801 g/mol. The number of imide groups is 1. The Morgan fingerprint density at radius 2 is 1.72 bits per heavy atom. The maximum atomic E-state index is 13.7. The van der Waals surface area contributed by atoms with Gasteiger partial charge in [0.2, 0.25) is 11.8 Å². The first-order valence-corrected chi connectivity index (χ1v) is 19.9. The summed E-state index contributed by atoms with van der Waals surface area (Å²) in [7, 11) is 1.73. The molecular weight excluding hydrogens is 754 g/mol. The molecule has 3 aliphatic rings. The van der Waals surface area contributed by atoms with Crippen LogP contribution < -0.4 is 26.5 Å². The largest absolute Gasteiger partial charge is 0.417 e. The van der Waals surface area contributed by atoms with Gasteiger partial charge in [-0.15, -0.1) is 0 Å². The van der Waals surface area contributed by atoms with Gasteiger partial charge in [0.15, 0.2) is 0 Å². The minimum Gasteiger partial charge on any atom is -0.382 e. The highest BCUT2D eigenvalue weighted by Crippen LogP contribution is 2.33. The lowest BCUT2D eigenvalue weighted by Crippen LogP contribution is -2.48. The van der Waals surface area contributed by atoms with E-state index < -0.39 is 23.7 Å².